The molecule has 0 aliphatic carbocycles. The molecule has 0 spiro atoms. The molecule has 2 saturated heterocycles. The number of amides is 1. The van der Waals surface area contributed by atoms with Crippen LogP contribution < -0.4 is 10.6 Å². The van der Waals surface area contributed by atoms with Crippen molar-refractivity contribution in [2.45, 2.75) is 37.4 Å². The maximum absolute atomic E-state index is 12.3. The Hall–Kier alpha value is -1.40. The Bertz CT molecular complexity index is 683. The van der Waals surface area contributed by atoms with Crippen LogP contribution in [-0.2, 0) is 0 Å². The molecule has 2 aromatic rings. The number of carbonyl (C=O) groups is 1. The summed E-state index contributed by atoms with van der Waals surface area (Å²) in [6.07, 6.45) is 5.11. The first-order valence-electron chi connectivity index (χ1n) is 6.90. The number of nitrogens with one attached hydrogen (secondary N) is 2. The Kier molecular flexibility index (Phi) is 2.82. The van der Waals surface area contributed by atoms with Gasteiger partial charge in [-0.25, -0.2) is 4.98 Å². The van der Waals surface area contributed by atoms with Crippen LogP contribution in [0.4, 0.5) is 0 Å². The van der Waals surface area contributed by atoms with Gasteiger partial charge in [-0.15, -0.1) is 0 Å². The van der Waals surface area contributed by atoms with Gasteiger partial charge < -0.3 is 10.6 Å². The number of nitrogens with zero attached hydrogens (tertiary/aromatic N) is 2. The van der Waals surface area contributed by atoms with Gasteiger partial charge >= 0.3 is 0 Å². The zero-order valence-corrected chi connectivity index (χ0v) is 12.4. The van der Waals surface area contributed by atoms with Gasteiger partial charge in [-0.1, -0.05) is 0 Å². The molecular weight excluding hydrogens is 320 g/mol. The molecule has 2 aliphatic heterocycles. The van der Waals surface area contributed by atoms with Crippen molar-refractivity contribution in [3.05, 3.63) is 34.8 Å². The third kappa shape index (κ3) is 1.94. The van der Waals surface area contributed by atoms with E-state index in [1.807, 2.05) is 22.6 Å². The standard InChI is InChI=1S/C14H15BrN4O/c15-13-4-2-9-6-12(16-7-19(9)13)14(20)18-11-5-8-1-3-10(11)17-8/h2,4,6-8,10-11,17H,1,3,5H2,(H,18,20)/t8-,10+,11-/m1/s1. The molecule has 0 unspecified atom stereocenters. The minimum atomic E-state index is -0.0795. The predicted octanol–water partition coefficient (Wildman–Crippen LogP) is 1.72. The molecule has 0 radical (unpaired) electrons. The van der Waals surface area contributed by atoms with Crippen LogP contribution in [0.25, 0.3) is 5.52 Å². The van der Waals surface area contributed by atoms with Crippen LogP contribution in [0, 0.1) is 0 Å². The molecular formula is C14H15BrN4O. The summed E-state index contributed by atoms with van der Waals surface area (Å²) in [5, 5.41) is 6.64. The van der Waals surface area contributed by atoms with Gasteiger partial charge in [0.25, 0.3) is 5.91 Å². The average molecular weight is 335 g/mol. The van der Waals surface area contributed by atoms with Crippen LogP contribution in [0.1, 0.15) is 29.8 Å². The fraction of sp³-hybridized carbons (Fsp3) is 0.429. The van der Waals surface area contributed by atoms with E-state index in [9.17, 15) is 4.79 Å². The summed E-state index contributed by atoms with van der Waals surface area (Å²) < 4.78 is 2.83. The van der Waals surface area contributed by atoms with Gasteiger partial charge in [0, 0.05) is 23.6 Å². The Balaban J connectivity index is 1.54. The molecule has 5 nitrogen and oxygen atoms in total. The van der Waals surface area contributed by atoms with Crippen molar-refractivity contribution >= 4 is 27.4 Å². The highest BCUT2D eigenvalue weighted by Gasteiger charge is 2.39. The lowest BCUT2D eigenvalue weighted by Crippen LogP contribution is -2.43. The van der Waals surface area contributed by atoms with Crippen LogP contribution >= 0.6 is 15.9 Å². The second-order valence-corrected chi connectivity index (χ2v) is 6.40. The van der Waals surface area contributed by atoms with Crippen molar-refractivity contribution in [1.29, 1.82) is 0 Å². The number of halogens is 1. The highest BCUT2D eigenvalue weighted by Crippen LogP contribution is 2.28. The van der Waals surface area contributed by atoms with E-state index in [0.717, 1.165) is 23.0 Å². The predicted molar refractivity (Wildman–Crippen MR) is 78.7 cm³/mol. The van der Waals surface area contributed by atoms with Gasteiger partial charge in [-0.05, 0) is 53.4 Å². The molecule has 6 heteroatoms. The van der Waals surface area contributed by atoms with Crippen LogP contribution in [0.15, 0.2) is 29.1 Å². The number of rotatable bonds is 2. The highest BCUT2D eigenvalue weighted by atomic mass is 79.9. The molecule has 2 aromatic heterocycles. The molecule has 2 bridgehead atoms. The quantitative estimate of drug-likeness (QED) is 0.879. The van der Waals surface area contributed by atoms with Gasteiger partial charge in [0.15, 0.2) is 0 Å². The Morgan fingerprint density at radius 3 is 3.10 bits per heavy atom. The Morgan fingerprint density at radius 2 is 2.35 bits per heavy atom. The second-order valence-electron chi connectivity index (χ2n) is 5.59. The average Bonchev–Trinajstić information content (AvgIpc) is 3.14. The van der Waals surface area contributed by atoms with Gasteiger partial charge in [-0.2, -0.15) is 0 Å². The summed E-state index contributed by atoms with van der Waals surface area (Å²) in [5.74, 6) is -0.0795. The summed E-state index contributed by atoms with van der Waals surface area (Å²) in [6.45, 7) is 0. The van der Waals surface area contributed by atoms with E-state index in [1.54, 1.807) is 6.33 Å². The normalized spacial score (nSPS) is 28.1. The molecule has 0 saturated carbocycles. The van der Waals surface area contributed by atoms with Crippen molar-refractivity contribution in [3.63, 3.8) is 0 Å². The van der Waals surface area contributed by atoms with Crippen LogP contribution in [0.3, 0.4) is 0 Å². The summed E-state index contributed by atoms with van der Waals surface area (Å²) in [4.78, 5) is 16.5. The lowest BCUT2D eigenvalue weighted by Gasteiger charge is -2.21. The number of hydrogen-bond acceptors (Lipinski definition) is 3. The second kappa shape index (κ2) is 4.56. The number of aromatic nitrogens is 2. The fourth-order valence-electron chi connectivity index (χ4n) is 3.33. The van der Waals surface area contributed by atoms with Crippen LogP contribution in [0.2, 0.25) is 0 Å². The summed E-state index contributed by atoms with van der Waals surface area (Å²) >= 11 is 3.44. The first kappa shape index (κ1) is 12.3. The maximum atomic E-state index is 12.3. The van der Waals surface area contributed by atoms with Crippen molar-refractivity contribution in [1.82, 2.24) is 20.0 Å². The van der Waals surface area contributed by atoms with Gasteiger partial charge in [0.05, 0.1) is 4.60 Å². The minimum absolute atomic E-state index is 0.0795. The number of hydrogen-bond donors (Lipinski definition) is 2. The smallest absolute Gasteiger partial charge is 0.270 e. The van der Waals surface area contributed by atoms with E-state index < -0.39 is 0 Å². The largest absolute Gasteiger partial charge is 0.346 e. The van der Waals surface area contributed by atoms with Crippen molar-refractivity contribution in [3.8, 4) is 0 Å². The van der Waals surface area contributed by atoms with Crippen LogP contribution in [-0.4, -0.2) is 33.4 Å². The van der Waals surface area contributed by atoms with Gasteiger partial charge in [0.1, 0.15) is 12.0 Å². The Labute approximate surface area is 124 Å². The first-order chi connectivity index (χ1) is 9.70. The van der Waals surface area contributed by atoms with Crippen molar-refractivity contribution in [2.24, 2.45) is 0 Å². The molecule has 2 fully saturated rings. The van der Waals surface area contributed by atoms with Gasteiger partial charge in [0.2, 0.25) is 0 Å². The van der Waals surface area contributed by atoms with E-state index in [-0.39, 0.29) is 11.9 Å². The molecule has 104 valence electrons. The summed E-state index contributed by atoms with van der Waals surface area (Å²) in [5.41, 5.74) is 1.44. The minimum Gasteiger partial charge on any atom is -0.346 e. The maximum Gasteiger partial charge on any atom is 0.270 e. The zero-order valence-electron chi connectivity index (χ0n) is 10.8. The molecule has 1 amide bonds. The van der Waals surface area contributed by atoms with E-state index >= 15 is 0 Å². The molecule has 4 heterocycles. The first-order valence-corrected chi connectivity index (χ1v) is 7.69. The lowest BCUT2D eigenvalue weighted by molar-refractivity contribution is 0.0926. The Morgan fingerprint density at radius 1 is 1.45 bits per heavy atom. The monoisotopic (exact) mass is 334 g/mol. The molecule has 2 aliphatic rings. The molecule has 20 heavy (non-hydrogen) atoms. The SMILES string of the molecule is O=C(N[C@@H]1C[C@H]2CC[C@@H]1N2)c1cc2ccc(Br)n2cn1. The van der Waals surface area contributed by atoms with Crippen LogP contribution in [0.5, 0.6) is 0 Å². The zero-order chi connectivity index (χ0) is 13.7. The molecule has 3 atom stereocenters. The molecule has 4 rings (SSSR count). The topological polar surface area (TPSA) is 58.4 Å². The van der Waals surface area contributed by atoms with Gasteiger partial charge in [-0.3, -0.25) is 9.20 Å². The molecule has 2 N–H and O–H groups in total. The third-order valence-electron chi connectivity index (χ3n) is 4.35. The number of fused-ring (bicyclic) bond motifs is 3. The molecule has 0 aromatic carbocycles. The van der Waals surface area contributed by atoms with E-state index in [0.29, 0.717) is 17.8 Å². The highest BCUT2D eigenvalue weighted by molar-refractivity contribution is 9.10. The fourth-order valence-corrected chi connectivity index (χ4v) is 3.75. The van der Waals surface area contributed by atoms with E-state index in [4.69, 9.17) is 0 Å². The van der Waals surface area contributed by atoms with E-state index in [2.05, 4.69) is 31.5 Å². The van der Waals surface area contributed by atoms with E-state index in [1.165, 1.54) is 6.42 Å². The number of carbonyl (C=O) groups excluding carboxylic acids is 1. The van der Waals surface area contributed by atoms with Crippen molar-refractivity contribution < 1.29 is 4.79 Å². The van der Waals surface area contributed by atoms with Crippen molar-refractivity contribution in [2.75, 3.05) is 0 Å². The summed E-state index contributed by atoms with van der Waals surface area (Å²) in [6, 6.07) is 7.00. The third-order valence-corrected chi connectivity index (χ3v) is 4.99. The lowest BCUT2D eigenvalue weighted by atomic mass is 9.95. The summed E-state index contributed by atoms with van der Waals surface area (Å²) in [7, 11) is 0.